The zero-order valence-corrected chi connectivity index (χ0v) is 10.5. The quantitative estimate of drug-likeness (QED) is 0.844. The molecule has 4 nitrogen and oxygen atoms in total. The number of pyridine rings is 1. The highest BCUT2D eigenvalue weighted by Gasteiger charge is 2.11. The fourth-order valence-corrected chi connectivity index (χ4v) is 2.18. The summed E-state index contributed by atoms with van der Waals surface area (Å²) in [7, 11) is 0. The van der Waals surface area contributed by atoms with Crippen LogP contribution in [0.4, 0.5) is 0 Å². The van der Waals surface area contributed by atoms with E-state index in [-0.39, 0.29) is 0 Å². The average Bonchev–Trinajstić information content (AvgIpc) is 2.32. The van der Waals surface area contributed by atoms with Gasteiger partial charge in [0, 0.05) is 24.2 Å². The molecule has 0 saturated carbocycles. The molecule has 2 aromatic heterocycles. The van der Waals surface area contributed by atoms with Crippen molar-refractivity contribution < 1.29 is 5.11 Å². The van der Waals surface area contributed by atoms with Crippen LogP contribution in [-0.4, -0.2) is 20.1 Å². The summed E-state index contributed by atoms with van der Waals surface area (Å²) >= 11 is 1.36. The van der Waals surface area contributed by atoms with Crippen molar-refractivity contribution in [2.75, 3.05) is 0 Å². The van der Waals surface area contributed by atoms with E-state index >= 15 is 0 Å². The van der Waals surface area contributed by atoms with Crippen molar-refractivity contribution >= 4 is 11.8 Å². The molecule has 0 aliphatic carbocycles. The highest BCUT2D eigenvalue weighted by Crippen LogP contribution is 2.28. The standard InChI is InChI=1S/C12H13N3OS/c1-8-6-14-12(15-7-8)17-11-10(9(2)16)4-3-5-13-11/h3-7,9,16H,1-2H3. The third kappa shape index (κ3) is 3.01. The summed E-state index contributed by atoms with van der Waals surface area (Å²) in [6.45, 7) is 3.66. The van der Waals surface area contributed by atoms with Crippen molar-refractivity contribution in [3.63, 3.8) is 0 Å². The summed E-state index contributed by atoms with van der Waals surface area (Å²) < 4.78 is 0. The molecule has 0 saturated heterocycles. The average molecular weight is 247 g/mol. The van der Waals surface area contributed by atoms with Crippen molar-refractivity contribution in [3.8, 4) is 0 Å². The van der Waals surface area contributed by atoms with Crippen LogP contribution in [0.2, 0.25) is 0 Å². The van der Waals surface area contributed by atoms with Crippen LogP contribution >= 0.6 is 11.8 Å². The molecule has 1 N–H and O–H groups in total. The lowest BCUT2D eigenvalue weighted by atomic mass is 10.2. The third-order valence-electron chi connectivity index (χ3n) is 2.20. The Labute approximate surface area is 104 Å². The first-order valence-corrected chi connectivity index (χ1v) is 6.08. The first-order chi connectivity index (χ1) is 8.16. The highest BCUT2D eigenvalue weighted by molar-refractivity contribution is 7.99. The Balaban J connectivity index is 2.26. The predicted molar refractivity (Wildman–Crippen MR) is 65.8 cm³/mol. The van der Waals surface area contributed by atoms with Gasteiger partial charge < -0.3 is 5.11 Å². The summed E-state index contributed by atoms with van der Waals surface area (Å²) in [5.74, 6) is 0. The zero-order chi connectivity index (χ0) is 12.3. The van der Waals surface area contributed by atoms with Crippen LogP contribution in [0.3, 0.4) is 0 Å². The van der Waals surface area contributed by atoms with Crippen molar-refractivity contribution in [3.05, 3.63) is 41.9 Å². The molecule has 0 aliphatic heterocycles. The summed E-state index contributed by atoms with van der Waals surface area (Å²) in [6.07, 6.45) is 4.68. The van der Waals surface area contributed by atoms with E-state index in [9.17, 15) is 5.11 Å². The minimum absolute atomic E-state index is 0.545. The number of aliphatic hydroxyl groups is 1. The molecular formula is C12H13N3OS. The number of hydrogen-bond donors (Lipinski definition) is 1. The van der Waals surface area contributed by atoms with E-state index in [1.807, 2.05) is 19.1 Å². The molecule has 0 aromatic carbocycles. The van der Waals surface area contributed by atoms with Crippen molar-refractivity contribution in [1.29, 1.82) is 0 Å². The fraction of sp³-hybridized carbons (Fsp3) is 0.250. The molecule has 5 heteroatoms. The maximum Gasteiger partial charge on any atom is 0.193 e. The first kappa shape index (κ1) is 12.0. The maximum atomic E-state index is 9.63. The molecule has 0 spiro atoms. The van der Waals surface area contributed by atoms with Crippen LogP contribution in [0.25, 0.3) is 0 Å². The molecule has 17 heavy (non-hydrogen) atoms. The minimum Gasteiger partial charge on any atom is -0.389 e. The molecule has 0 radical (unpaired) electrons. The highest BCUT2D eigenvalue weighted by atomic mass is 32.2. The SMILES string of the molecule is Cc1cnc(Sc2ncccc2C(C)O)nc1. The van der Waals surface area contributed by atoms with Crippen LogP contribution in [0, 0.1) is 6.92 Å². The van der Waals surface area contributed by atoms with Crippen molar-refractivity contribution in [1.82, 2.24) is 15.0 Å². The Morgan fingerprint density at radius 3 is 2.59 bits per heavy atom. The van der Waals surface area contributed by atoms with Crippen molar-refractivity contribution in [2.45, 2.75) is 30.1 Å². The van der Waals surface area contributed by atoms with Crippen LogP contribution < -0.4 is 0 Å². The van der Waals surface area contributed by atoms with E-state index in [1.54, 1.807) is 25.5 Å². The molecule has 0 amide bonds. The second-order valence-electron chi connectivity index (χ2n) is 3.72. The molecule has 2 aromatic rings. The molecular weight excluding hydrogens is 234 g/mol. The second kappa shape index (κ2) is 5.25. The van der Waals surface area contributed by atoms with Gasteiger partial charge in [-0.1, -0.05) is 6.07 Å². The van der Waals surface area contributed by atoms with Gasteiger partial charge in [0.25, 0.3) is 0 Å². The Bertz CT molecular complexity index is 499. The lowest BCUT2D eigenvalue weighted by molar-refractivity contribution is 0.195. The normalized spacial score (nSPS) is 12.4. The second-order valence-corrected chi connectivity index (χ2v) is 4.67. The number of aromatic nitrogens is 3. The van der Waals surface area contributed by atoms with Crippen LogP contribution in [0.5, 0.6) is 0 Å². The number of rotatable bonds is 3. The Morgan fingerprint density at radius 1 is 1.24 bits per heavy atom. The van der Waals surface area contributed by atoms with Gasteiger partial charge in [0.15, 0.2) is 5.16 Å². The lowest BCUT2D eigenvalue weighted by Crippen LogP contribution is -1.97. The summed E-state index contributed by atoms with van der Waals surface area (Å²) in [4.78, 5) is 12.6. The Kier molecular flexibility index (Phi) is 3.71. The van der Waals surface area contributed by atoms with E-state index in [4.69, 9.17) is 0 Å². The first-order valence-electron chi connectivity index (χ1n) is 5.26. The smallest absolute Gasteiger partial charge is 0.193 e. The van der Waals surface area contributed by atoms with Crippen LogP contribution in [-0.2, 0) is 0 Å². The predicted octanol–water partition coefficient (Wildman–Crippen LogP) is 2.38. The number of hydrogen-bond acceptors (Lipinski definition) is 5. The summed E-state index contributed by atoms with van der Waals surface area (Å²) in [6, 6.07) is 3.66. The van der Waals surface area contributed by atoms with E-state index in [2.05, 4.69) is 15.0 Å². The molecule has 1 unspecified atom stereocenters. The van der Waals surface area contributed by atoms with Gasteiger partial charge in [-0.05, 0) is 37.2 Å². The number of aliphatic hydroxyl groups excluding tert-OH is 1. The van der Waals surface area contributed by atoms with E-state index < -0.39 is 6.10 Å². The van der Waals surface area contributed by atoms with Crippen molar-refractivity contribution in [2.24, 2.45) is 0 Å². The third-order valence-corrected chi connectivity index (χ3v) is 3.12. The van der Waals surface area contributed by atoms with Gasteiger partial charge in [0.05, 0.1) is 6.10 Å². The molecule has 0 aliphatic rings. The minimum atomic E-state index is -0.545. The topological polar surface area (TPSA) is 58.9 Å². The largest absolute Gasteiger partial charge is 0.389 e. The number of aryl methyl sites for hydroxylation is 1. The van der Waals surface area contributed by atoms with Gasteiger partial charge in [-0.15, -0.1) is 0 Å². The Hall–Kier alpha value is -1.46. The molecule has 0 fully saturated rings. The van der Waals surface area contributed by atoms with Crippen LogP contribution in [0.1, 0.15) is 24.2 Å². The zero-order valence-electron chi connectivity index (χ0n) is 9.66. The fourth-order valence-electron chi connectivity index (χ4n) is 1.33. The van der Waals surface area contributed by atoms with Gasteiger partial charge in [-0.3, -0.25) is 0 Å². The van der Waals surface area contributed by atoms with Gasteiger partial charge >= 0.3 is 0 Å². The summed E-state index contributed by atoms with van der Waals surface area (Å²) in [5, 5.41) is 11.0. The van der Waals surface area contributed by atoms with E-state index in [0.29, 0.717) is 5.16 Å². The van der Waals surface area contributed by atoms with Gasteiger partial charge in [0.2, 0.25) is 0 Å². The number of nitrogens with zero attached hydrogens (tertiary/aromatic N) is 3. The molecule has 88 valence electrons. The molecule has 2 rings (SSSR count). The molecule has 2 heterocycles. The van der Waals surface area contributed by atoms with E-state index in [0.717, 1.165) is 16.2 Å². The van der Waals surface area contributed by atoms with Crippen LogP contribution in [0.15, 0.2) is 40.9 Å². The van der Waals surface area contributed by atoms with Gasteiger partial charge in [-0.2, -0.15) is 0 Å². The molecule has 0 bridgehead atoms. The monoisotopic (exact) mass is 247 g/mol. The van der Waals surface area contributed by atoms with Gasteiger partial charge in [0.1, 0.15) is 5.03 Å². The van der Waals surface area contributed by atoms with Gasteiger partial charge in [-0.25, -0.2) is 15.0 Å². The molecule has 1 atom stereocenters. The lowest BCUT2D eigenvalue weighted by Gasteiger charge is -2.08. The maximum absolute atomic E-state index is 9.63. The Morgan fingerprint density at radius 2 is 1.94 bits per heavy atom. The summed E-state index contributed by atoms with van der Waals surface area (Å²) in [5.41, 5.74) is 1.81. The van der Waals surface area contributed by atoms with E-state index in [1.165, 1.54) is 11.8 Å².